The SMILES string of the molecule is [N-]=[N+]=Nc1cc(NN)nc(-c2ccc([N+](=O)[O-])o2)n1. The molecule has 11 heteroatoms. The predicted molar refractivity (Wildman–Crippen MR) is 63.0 cm³/mol. The topological polar surface area (TPSA) is 169 Å². The molecule has 2 rings (SSSR count). The van der Waals surface area contributed by atoms with Crippen LogP contribution in [0.25, 0.3) is 22.0 Å². The number of furan rings is 1. The molecule has 0 saturated carbocycles. The number of anilines is 1. The van der Waals surface area contributed by atoms with Crippen molar-refractivity contribution in [1.82, 2.24) is 9.97 Å². The molecule has 0 fully saturated rings. The molecule has 0 aliphatic carbocycles. The molecule has 0 spiro atoms. The van der Waals surface area contributed by atoms with E-state index < -0.39 is 10.8 Å². The molecule has 0 amide bonds. The minimum absolute atomic E-state index is 0.000460. The lowest BCUT2D eigenvalue weighted by molar-refractivity contribution is -0.401. The highest BCUT2D eigenvalue weighted by molar-refractivity contribution is 5.56. The maximum atomic E-state index is 10.5. The van der Waals surface area contributed by atoms with Gasteiger partial charge < -0.3 is 9.84 Å². The minimum Gasteiger partial charge on any atom is -0.397 e. The van der Waals surface area contributed by atoms with E-state index in [1.54, 1.807) is 0 Å². The van der Waals surface area contributed by atoms with E-state index in [-0.39, 0.29) is 23.2 Å². The number of nitrogens with zero attached hydrogens (tertiary/aromatic N) is 6. The first-order chi connectivity index (χ1) is 9.13. The number of azide groups is 1. The molecule has 0 radical (unpaired) electrons. The Morgan fingerprint density at radius 3 is 2.89 bits per heavy atom. The molecule has 2 aromatic heterocycles. The van der Waals surface area contributed by atoms with Crippen LogP contribution in [0.5, 0.6) is 0 Å². The highest BCUT2D eigenvalue weighted by atomic mass is 16.6. The van der Waals surface area contributed by atoms with Crippen LogP contribution in [-0.2, 0) is 0 Å². The highest BCUT2D eigenvalue weighted by Crippen LogP contribution is 2.26. The van der Waals surface area contributed by atoms with Gasteiger partial charge in [0.1, 0.15) is 16.6 Å². The lowest BCUT2D eigenvalue weighted by Crippen LogP contribution is -2.09. The zero-order valence-corrected chi connectivity index (χ0v) is 9.22. The number of nitrogens with one attached hydrogen (secondary N) is 1. The van der Waals surface area contributed by atoms with Gasteiger partial charge in [0, 0.05) is 11.0 Å². The summed E-state index contributed by atoms with van der Waals surface area (Å²) in [7, 11) is 0. The van der Waals surface area contributed by atoms with Gasteiger partial charge in [-0.1, -0.05) is 0 Å². The van der Waals surface area contributed by atoms with Crippen molar-refractivity contribution in [3.05, 3.63) is 38.8 Å². The molecule has 11 nitrogen and oxygen atoms in total. The Kier molecular flexibility index (Phi) is 3.23. The number of aromatic nitrogens is 2. The Morgan fingerprint density at radius 2 is 2.32 bits per heavy atom. The summed E-state index contributed by atoms with van der Waals surface area (Å²) in [6, 6.07) is 3.79. The van der Waals surface area contributed by atoms with Crippen LogP contribution in [0.2, 0.25) is 0 Å². The lowest BCUT2D eigenvalue weighted by atomic mass is 10.4. The smallest absolute Gasteiger partial charge is 0.397 e. The number of hydrogen-bond acceptors (Lipinski definition) is 8. The van der Waals surface area contributed by atoms with Gasteiger partial charge in [0.05, 0.1) is 6.07 Å². The van der Waals surface area contributed by atoms with Crippen LogP contribution in [0.3, 0.4) is 0 Å². The second kappa shape index (κ2) is 5.00. The molecular formula is C8H6N8O3. The van der Waals surface area contributed by atoms with Crippen molar-refractivity contribution in [3.8, 4) is 11.6 Å². The van der Waals surface area contributed by atoms with Crippen LogP contribution < -0.4 is 11.3 Å². The molecular weight excluding hydrogens is 256 g/mol. The van der Waals surface area contributed by atoms with E-state index in [2.05, 4.69) is 25.4 Å². The maximum absolute atomic E-state index is 10.5. The van der Waals surface area contributed by atoms with Crippen molar-refractivity contribution >= 4 is 17.5 Å². The number of hydrazine groups is 1. The summed E-state index contributed by atoms with van der Waals surface area (Å²) in [4.78, 5) is 20.2. The Bertz CT molecular complexity index is 674. The van der Waals surface area contributed by atoms with Gasteiger partial charge in [0.2, 0.25) is 0 Å². The summed E-state index contributed by atoms with van der Waals surface area (Å²) in [6.07, 6.45) is 0. The summed E-state index contributed by atoms with van der Waals surface area (Å²) in [5.41, 5.74) is 10.6. The lowest BCUT2D eigenvalue weighted by Gasteiger charge is -2.02. The first-order valence-electron chi connectivity index (χ1n) is 4.79. The van der Waals surface area contributed by atoms with Crippen molar-refractivity contribution < 1.29 is 9.34 Å². The molecule has 0 saturated heterocycles. The van der Waals surface area contributed by atoms with E-state index in [0.29, 0.717) is 0 Å². The van der Waals surface area contributed by atoms with Gasteiger partial charge in [-0.05, 0) is 16.7 Å². The number of nitrogen functional groups attached to an aromatic ring is 1. The van der Waals surface area contributed by atoms with Crippen LogP contribution in [0.1, 0.15) is 0 Å². The van der Waals surface area contributed by atoms with Gasteiger partial charge in [-0.3, -0.25) is 10.1 Å². The van der Waals surface area contributed by atoms with E-state index >= 15 is 0 Å². The minimum atomic E-state index is -0.692. The molecule has 0 atom stereocenters. The first-order valence-corrected chi connectivity index (χ1v) is 4.79. The van der Waals surface area contributed by atoms with Crippen molar-refractivity contribution in [3.63, 3.8) is 0 Å². The summed E-state index contributed by atoms with van der Waals surface area (Å²) in [5, 5.41) is 13.8. The van der Waals surface area contributed by atoms with E-state index in [1.807, 2.05) is 0 Å². The molecule has 19 heavy (non-hydrogen) atoms. The van der Waals surface area contributed by atoms with Crippen LogP contribution in [0.4, 0.5) is 17.5 Å². The molecule has 2 aromatic rings. The van der Waals surface area contributed by atoms with E-state index in [1.165, 1.54) is 12.1 Å². The molecule has 96 valence electrons. The van der Waals surface area contributed by atoms with Gasteiger partial charge in [0.25, 0.3) is 0 Å². The maximum Gasteiger partial charge on any atom is 0.433 e. The Morgan fingerprint density at radius 1 is 1.53 bits per heavy atom. The normalized spacial score (nSPS) is 9.74. The fraction of sp³-hybridized carbons (Fsp3) is 0. The van der Waals surface area contributed by atoms with Gasteiger partial charge in [0.15, 0.2) is 11.6 Å². The summed E-state index contributed by atoms with van der Waals surface area (Å²) in [5.74, 6) is 4.98. The number of rotatable bonds is 4. The van der Waals surface area contributed by atoms with E-state index in [4.69, 9.17) is 15.8 Å². The van der Waals surface area contributed by atoms with Crippen molar-refractivity contribution in [1.29, 1.82) is 0 Å². The second-order valence-corrected chi connectivity index (χ2v) is 3.16. The van der Waals surface area contributed by atoms with Crippen LogP contribution in [-0.4, -0.2) is 14.9 Å². The van der Waals surface area contributed by atoms with E-state index in [0.717, 1.165) is 6.07 Å². The first kappa shape index (κ1) is 12.3. The largest absolute Gasteiger partial charge is 0.433 e. The molecule has 0 aliphatic heterocycles. The summed E-state index contributed by atoms with van der Waals surface area (Å²) < 4.78 is 4.94. The second-order valence-electron chi connectivity index (χ2n) is 3.16. The number of nitrogens with two attached hydrogens (primary N) is 1. The highest BCUT2D eigenvalue weighted by Gasteiger charge is 2.16. The third-order valence-electron chi connectivity index (χ3n) is 2.00. The number of nitro groups is 1. The summed E-state index contributed by atoms with van der Waals surface area (Å²) in [6.45, 7) is 0. The Balaban J connectivity index is 2.50. The molecule has 0 aliphatic rings. The van der Waals surface area contributed by atoms with Gasteiger partial charge in [-0.2, -0.15) is 0 Å². The molecule has 0 bridgehead atoms. The number of hydrogen-bond donors (Lipinski definition) is 2. The standard InChI is InChI=1S/C8H6N8O3/c9-13-5-3-6(14-15-10)12-8(11-5)4-1-2-7(19-4)16(17)18/h1-3H,9H2,(H,11,12,13). The summed E-state index contributed by atoms with van der Waals surface area (Å²) >= 11 is 0. The third-order valence-corrected chi connectivity index (χ3v) is 2.00. The Labute approximate surface area is 104 Å². The van der Waals surface area contributed by atoms with Gasteiger partial charge >= 0.3 is 5.88 Å². The molecule has 0 unspecified atom stereocenters. The van der Waals surface area contributed by atoms with Crippen LogP contribution in [0.15, 0.2) is 27.7 Å². The quantitative estimate of drug-likeness (QED) is 0.211. The van der Waals surface area contributed by atoms with Crippen LogP contribution in [0, 0.1) is 10.1 Å². The molecule has 0 aromatic carbocycles. The molecule has 2 heterocycles. The van der Waals surface area contributed by atoms with Crippen LogP contribution >= 0.6 is 0 Å². The van der Waals surface area contributed by atoms with Crippen molar-refractivity contribution in [2.24, 2.45) is 11.0 Å². The molecule has 3 N–H and O–H groups in total. The van der Waals surface area contributed by atoms with Gasteiger partial charge in [-0.25, -0.2) is 15.8 Å². The predicted octanol–water partition coefficient (Wildman–Crippen LogP) is 1.87. The van der Waals surface area contributed by atoms with Crippen molar-refractivity contribution in [2.45, 2.75) is 0 Å². The monoisotopic (exact) mass is 262 g/mol. The third kappa shape index (κ3) is 2.57. The zero-order chi connectivity index (χ0) is 13.8. The zero-order valence-electron chi connectivity index (χ0n) is 9.22. The fourth-order valence-electron chi connectivity index (χ4n) is 1.26. The average Bonchev–Trinajstić information content (AvgIpc) is 2.88. The van der Waals surface area contributed by atoms with Gasteiger partial charge in [-0.15, -0.1) is 0 Å². The fourth-order valence-corrected chi connectivity index (χ4v) is 1.26. The van der Waals surface area contributed by atoms with E-state index in [9.17, 15) is 10.1 Å². The van der Waals surface area contributed by atoms with Crippen molar-refractivity contribution in [2.75, 3.05) is 5.43 Å². The average molecular weight is 262 g/mol. The Hall–Kier alpha value is -3.17.